The summed E-state index contributed by atoms with van der Waals surface area (Å²) < 4.78 is 6.39. The predicted molar refractivity (Wildman–Crippen MR) is 102 cm³/mol. The number of carbonyl (C=O) groups is 1. The molecule has 1 saturated heterocycles. The van der Waals surface area contributed by atoms with E-state index in [1.807, 2.05) is 40.6 Å². The Morgan fingerprint density at radius 3 is 2.70 bits per heavy atom. The van der Waals surface area contributed by atoms with Crippen molar-refractivity contribution >= 4 is 23.1 Å². The fraction of sp³-hybridized carbons (Fsp3) is 0.333. The van der Waals surface area contributed by atoms with Crippen LogP contribution in [0.1, 0.15) is 6.42 Å². The molecular formula is C18H19N5O3S. The normalized spacial score (nSPS) is 14.5. The first-order chi connectivity index (χ1) is 13.2. The summed E-state index contributed by atoms with van der Waals surface area (Å²) in [6.45, 7) is 2.99. The first-order valence-electron chi connectivity index (χ1n) is 8.76. The Bertz CT molecular complexity index is 943. The summed E-state index contributed by atoms with van der Waals surface area (Å²) in [5.74, 6) is 0.709. The molecule has 1 aliphatic rings. The highest BCUT2D eigenvalue weighted by Gasteiger charge is 2.22. The lowest BCUT2D eigenvalue weighted by Gasteiger charge is -2.35. The minimum absolute atomic E-state index is 0.0169. The molecule has 0 atom stereocenters. The van der Waals surface area contributed by atoms with Gasteiger partial charge >= 0.3 is 5.76 Å². The molecule has 3 aromatic rings. The Kier molecular flexibility index (Phi) is 5.01. The number of hydrogen-bond acceptors (Lipinski definition) is 7. The molecule has 1 amide bonds. The van der Waals surface area contributed by atoms with Gasteiger partial charge < -0.3 is 14.2 Å². The monoisotopic (exact) mass is 385 g/mol. The van der Waals surface area contributed by atoms with Gasteiger partial charge in [0.2, 0.25) is 5.91 Å². The number of rotatable bonds is 5. The number of pyridine rings is 1. The van der Waals surface area contributed by atoms with Crippen molar-refractivity contribution in [3.05, 3.63) is 52.5 Å². The maximum Gasteiger partial charge on any atom is 0.437 e. The summed E-state index contributed by atoms with van der Waals surface area (Å²) in [4.78, 5) is 33.5. The lowest BCUT2D eigenvalue weighted by Crippen LogP contribution is -2.49. The Hall–Kier alpha value is -2.94. The molecule has 0 unspecified atom stereocenters. The molecule has 0 spiro atoms. The third-order valence-electron chi connectivity index (χ3n) is 4.48. The van der Waals surface area contributed by atoms with Gasteiger partial charge in [0.05, 0.1) is 11.4 Å². The van der Waals surface area contributed by atoms with Crippen LogP contribution in [0.5, 0.6) is 0 Å². The smallest absolute Gasteiger partial charge is 0.387 e. The number of amides is 1. The van der Waals surface area contributed by atoms with Gasteiger partial charge in [0.1, 0.15) is 5.82 Å². The highest BCUT2D eigenvalue weighted by atomic mass is 32.1. The van der Waals surface area contributed by atoms with E-state index in [9.17, 15) is 9.59 Å². The van der Waals surface area contributed by atoms with E-state index < -0.39 is 5.76 Å². The van der Waals surface area contributed by atoms with E-state index in [0.717, 1.165) is 23.8 Å². The summed E-state index contributed by atoms with van der Waals surface area (Å²) in [7, 11) is 0. The van der Waals surface area contributed by atoms with Crippen LogP contribution in [-0.2, 0) is 11.3 Å². The van der Waals surface area contributed by atoms with Gasteiger partial charge in [0.25, 0.3) is 5.89 Å². The average molecular weight is 385 g/mol. The van der Waals surface area contributed by atoms with Crippen LogP contribution in [0.15, 0.2) is 51.1 Å². The third-order valence-corrected chi connectivity index (χ3v) is 5.34. The van der Waals surface area contributed by atoms with Crippen LogP contribution in [0.25, 0.3) is 10.8 Å². The number of hydrogen-bond donors (Lipinski definition) is 0. The van der Waals surface area contributed by atoms with Gasteiger partial charge in [-0.25, -0.2) is 9.78 Å². The highest BCUT2D eigenvalue weighted by molar-refractivity contribution is 7.13. The van der Waals surface area contributed by atoms with Gasteiger partial charge in [-0.2, -0.15) is 4.68 Å². The highest BCUT2D eigenvalue weighted by Crippen LogP contribution is 2.21. The number of anilines is 1. The van der Waals surface area contributed by atoms with Crippen molar-refractivity contribution in [1.29, 1.82) is 0 Å². The number of thiophene rings is 1. The Balaban J connectivity index is 1.31. The minimum Gasteiger partial charge on any atom is -0.387 e. The maximum absolute atomic E-state index is 12.5. The average Bonchev–Trinajstić information content (AvgIpc) is 3.37. The van der Waals surface area contributed by atoms with Gasteiger partial charge in [-0.05, 0) is 23.6 Å². The summed E-state index contributed by atoms with van der Waals surface area (Å²) >= 11 is 1.45. The minimum atomic E-state index is -0.536. The van der Waals surface area contributed by atoms with Gasteiger partial charge in [-0.3, -0.25) is 4.79 Å². The first kappa shape index (κ1) is 17.5. The largest absolute Gasteiger partial charge is 0.437 e. The second-order valence-electron chi connectivity index (χ2n) is 6.18. The first-order valence-corrected chi connectivity index (χ1v) is 9.64. The molecule has 1 aliphatic heterocycles. The zero-order valence-electron chi connectivity index (χ0n) is 14.7. The number of aryl methyl sites for hydroxylation is 1. The number of piperazine rings is 1. The second-order valence-corrected chi connectivity index (χ2v) is 7.13. The zero-order chi connectivity index (χ0) is 18.6. The maximum atomic E-state index is 12.5. The Labute approximate surface area is 159 Å². The summed E-state index contributed by atoms with van der Waals surface area (Å²) in [6.07, 6.45) is 1.99. The molecule has 8 nitrogen and oxygen atoms in total. The van der Waals surface area contributed by atoms with Crippen LogP contribution in [-0.4, -0.2) is 51.8 Å². The summed E-state index contributed by atoms with van der Waals surface area (Å²) in [5, 5.41) is 6.07. The van der Waals surface area contributed by atoms with Crippen molar-refractivity contribution in [2.45, 2.75) is 13.0 Å². The number of aromatic nitrogens is 3. The van der Waals surface area contributed by atoms with Gasteiger partial charge in [0.15, 0.2) is 0 Å². The van der Waals surface area contributed by atoms with Crippen molar-refractivity contribution in [1.82, 2.24) is 19.7 Å². The van der Waals surface area contributed by atoms with Gasteiger partial charge in [-0.1, -0.05) is 12.1 Å². The van der Waals surface area contributed by atoms with E-state index in [4.69, 9.17) is 4.42 Å². The second kappa shape index (κ2) is 7.75. The summed E-state index contributed by atoms with van der Waals surface area (Å²) in [5.41, 5.74) is 0. The van der Waals surface area contributed by atoms with E-state index in [1.165, 1.54) is 16.0 Å². The standard InChI is InChI=1S/C18H19N5O3S/c24-16(22-11-9-21(10-12-22)15-5-1-2-7-19-15)6-8-23-18(25)26-17(20-23)14-4-3-13-27-14/h1-5,7,13H,6,8-12H2. The Morgan fingerprint density at radius 1 is 1.15 bits per heavy atom. The quantitative estimate of drug-likeness (QED) is 0.665. The van der Waals surface area contributed by atoms with Crippen molar-refractivity contribution in [2.75, 3.05) is 31.1 Å². The molecule has 0 radical (unpaired) electrons. The van der Waals surface area contributed by atoms with Crippen LogP contribution in [0.4, 0.5) is 5.82 Å². The molecule has 0 aliphatic carbocycles. The van der Waals surface area contributed by atoms with Crippen LogP contribution >= 0.6 is 11.3 Å². The molecule has 140 valence electrons. The topological polar surface area (TPSA) is 84.5 Å². The molecule has 4 heterocycles. The molecule has 3 aromatic heterocycles. The molecule has 0 saturated carbocycles. The van der Waals surface area contributed by atoms with Crippen LogP contribution in [0, 0.1) is 0 Å². The molecule has 4 rings (SSSR count). The van der Waals surface area contributed by atoms with Gasteiger partial charge in [0, 0.05) is 38.8 Å². The molecule has 0 bridgehead atoms. The summed E-state index contributed by atoms with van der Waals surface area (Å²) in [6, 6.07) is 9.53. The third kappa shape index (κ3) is 3.92. The fourth-order valence-electron chi connectivity index (χ4n) is 3.03. The number of carbonyl (C=O) groups excluding carboxylic acids is 1. The van der Waals surface area contributed by atoms with Crippen molar-refractivity contribution in [3.8, 4) is 10.8 Å². The molecular weight excluding hydrogens is 366 g/mol. The molecule has 0 aromatic carbocycles. The molecule has 0 N–H and O–H groups in total. The Morgan fingerprint density at radius 2 is 2.00 bits per heavy atom. The van der Waals surface area contributed by atoms with Crippen LogP contribution in [0.2, 0.25) is 0 Å². The van der Waals surface area contributed by atoms with Crippen molar-refractivity contribution < 1.29 is 9.21 Å². The van der Waals surface area contributed by atoms with E-state index in [-0.39, 0.29) is 18.9 Å². The molecule has 1 fully saturated rings. The van der Waals surface area contributed by atoms with Crippen molar-refractivity contribution in [3.63, 3.8) is 0 Å². The lowest BCUT2D eigenvalue weighted by atomic mass is 10.2. The van der Waals surface area contributed by atoms with Gasteiger partial charge in [-0.15, -0.1) is 16.4 Å². The molecule has 27 heavy (non-hydrogen) atoms. The van der Waals surface area contributed by atoms with E-state index in [2.05, 4.69) is 15.0 Å². The number of nitrogens with zero attached hydrogens (tertiary/aromatic N) is 5. The fourth-order valence-corrected chi connectivity index (χ4v) is 3.68. The van der Waals surface area contributed by atoms with E-state index in [1.54, 1.807) is 6.20 Å². The van der Waals surface area contributed by atoms with E-state index in [0.29, 0.717) is 19.0 Å². The van der Waals surface area contributed by atoms with Crippen LogP contribution in [0.3, 0.4) is 0 Å². The van der Waals surface area contributed by atoms with Crippen molar-refractivity contribution in [2.24, 2.45) is 0 Å². The SMILES string of the molecule is O=C(CCn1nc(-c2cccs2)oc1=O)N1CCN(c2ccccn2)CC1. The predicted octanol–water partition coefficient (Wildman–Crippen LogP) is 1.70. The zero-order valence-corrected chi connectivity index (χ0v) is 15.5. The lowest BCUT2D eigenvalue weighted by molar-refractivity contribution is -0.131. The van der Waals surface area contributed by atoms with Crippen LogP contribution < -0.4 is 10.7 Å². The van der Waals surface area contributed by atoms with E-state index >= 15 is 0 Å². The molecule has 9 heteroatoms.